The van der Waals surface area contributed by atoms with Crippen molar-refractivity contribution >= 4 is 29.1 Å². The lowest BCUT2D eigenvalue weighted by Crippen LogP contribution is -2.32. The van der Waals surface area contributed by atoms with Crippen LogP contribution in [0.2, 0.25) is 10.0 Å². The first-order chi connectivity index (χ1) is 16.5. The Morgan fingerprint density at radius 1 is 1.06 bits per heavy atom. The summed E-state index contributed by atoms with van der Waals surface area (Å²) in [5.41, 5.74) is 0.377. The van der Waals surface area contributed by atoms with Crippen molar-refractivity contribution in [3.05, 3.63) is 81.5 Å². The number of alkyl halides is 3. The molecule has 184 valence electrons. The van der Waals surface area contributed by atoms with Crippen LogP contribution in [0.1, 0.15) is 40.2 Å². The second-order valence-corrected chi connectivity index (χ2v) is 9.19. The van der Waals surface area contributed by atoms with Crippen molar-refractivity contribution in [3.63, 3.8) is 0 Å². The molecule has 0 saturated carbocycles. The van der Waals surface area contributed by atoms with Crippen LogP contribution in [0, 0.1) is 12.8 Å². The molecule has 0 radical (unpaired) electrons. The molecule has 1 fully saturated rings. The molecule has 2 aromatic heterocycles. The molecule has 0 bridgehead atoms. The maximum Gasteiger partial charge on any atom is 0.417 e. The van der Waals surface area contributed by atoms with E-state index in [1.165, 1.54) is 18.5 Å². The van der Waals surface area contributed by atoms with Crippen molar-refractivity contribution in [2.45, 2.75) is 32.0 Å². The molecule has 35 heavy (non-hydrogen) atoms. The van der Waals surface area contributed by atoms with Gasteiger partial charge in [0.1, 0.15) is 11.9 Å². The molecule has 3 unspecified atom stereocenters. The third-order valence-corrected chi connectivity index (χ3v) is 6.76. The highest BCUT2D eigenvalue weighted by Crippen LogP contribution is 2.39. The molecule has 3 atom stereocenters. The summed E-state index contributed by atoms with van der Waals surface area (Å²) in [4.78, 5) is 26.9. The summed E-state index contributed by atoms with van der Waals surface area (Å²) in [6.45, 7) is 4.26. The van der Waals surface area contributed by atoms with E-state index in [-0.39, 0.29) is 23.6 Å². The van der Waals surface area contributed by atoms with Crippen molar-refractivity contribution in [2.75, 3.05) is 13.1 Å². The normalized spacial score (nSPS) is 19.0. The number of hydrogen-bond acceptors (Lipinski definition) is 5. The van der Waals surface area contributed by atoms with Gasteiger partial charge in [-0.3, -0.25) is 4.79 Å². The standard InChI is InChI=1S/C24H21Cl2F3N4O2/c1-13(35-22-6-4-17(10-32-22)24(27,28)29)18-11-33(23(34)16-8-30-14(2)31-9-16)12-19(18)15-3-5-20(25)21(26)7-15/h3-10,13,18-19H,11-12H2,1-2H3. The van der Waals surface area contributed by atoms with Gasteiger partial charge in [-0.05, 0) is 37.6 Å². The van der Waals surface area contributed by atoms with Gasteiger partial charge in [0.25, 0.3) is 5.91 Å². The molecular weight excluding hydrogens is 504 g/mol. The Hall–Kier alpha value is -2.91. The molecule has 6 nitrogen and oxygen atoms in total. The number of halogens is 5. The number of aryl methyl sites for hydroxylation is 1. The Morgan fingerprint density at radius 3 is 2.37 bits per heavy atom. The molecule has 1 amide bonds. The molecule has 0 aliphatic carbocycles. The number of benzene rings is 1. The highest BCUT2D eigenvalue weighted by molar-refractivity contribution is 6.42. The average Bonchev–Trinajstić information content (AvgIpc) is 3.26. The predicted octanol–water partition coefficient (Wildman–Crippen LogP) is 5.83. The summed E-state index contributed by atoms with van der Waals surface area (Å²) in [6, 6.07) is 7.41. The molecule has 4 rings (SSSR count). The van der Waals surface area contributed by atoms with Gasteiger partial charge in [-0.2, -0.15) is 13.2 Å². The van der Waals surface area contributed by atoms with E-state index in [9.17, 15) is 18.0 Å². The van der Waals surface area contributed by atoms with Gasteiger partial charge in [-0.1, -0.05) is 29.3 Å². The van der Waals surface area contributed by atoms with Gasteiger partial charge in [0, 0.05) is 49.6 Å². The topological polar surface area (TPSA) is 68.2 Å². The van der Waals surface area contributed by atoms with Gasteiger partial charge in [0.15, 0.2) is 0 Å². The van der Waals surface area contributed by atoms with Gasteiger partial charge in [0.05, 0.1) is 21.2 Å². The largest absolute Gasteiger partial charge is 0.474 e. The number of pyridine rings is 1. The number of ether oxygens (including phenoxy) is 1. The van der Waals surface area contributed by atoms with E-state index in [4.69, 9.17) is 27.9 Å². The average molecular weight is 525 g/mol. The van der Waals surface area contributed by atoms with Gasteiger partial charge in [0.2, 0.25) is 5.88 Å². The Morgan fingerprint density at radius 2 is 1.77 bits per heavy atom. The maximum atomic E-state index is 13.2. The second-order valence-electron chi connectivity index (χ2n) is 8.38. The summed E-state index contributed by atoms with van der Waals surface area (Å²) < 4.78 is 44.5. The van der Waals surface area contributed by atoms with Crippen LogP contribution in [0.15, 0.2) is 48.9 Å². The monoisotopic (exact) mass is 524 g/mol. The number of amides is 1. The van der Waals surface area contributed by atoms with Crippen LogP contribution in [0.3, 0.4) is 0 Å². The zero-order valence-electron chi connectivity index (χ0n) is 18.8. The van der Waals surface area contributed by atoms with Crippen LogP contribution in [0.4, 0.5) is 13.2 Å². The summed E-state index contributed by atoms with van der Waals surface area (Å²) in [6.07, 6.45) is -1.26. The minimum Gasteiger partial charge on any atom is -0.474 e. The Balaban J connectivity index is 1.58. The SMILES string of the molecule is Cc1ncc(C(=O)N2CC(c3ccc(Cl)c(Cl)c3)C(C(C)Oc3ccc(C(F)(F)F)cn3)C2)cn1. The van der Waals surface area contributed by atoms with Crippen molar-refractivity contribution in [1.29, 1.82) is 0 Å². The number of likely N-dealkylation sites (tertiary alicyclic amines) is 1. The highest BCUT2D eigenvalue weighted by Gasteiger charge is 2.41. The van der Waals surface area contributed by atoms with Gasteiger partial charge >= 0.3 is 6.18 Å². The lowest BCUT2D eigenvalue weighted by molar-refractivity contribution is -0.137. The predicted molar refractivity (Wildman–Crippen MR) is 125 cm³/mol. The number of rotatable bonds is 5. The first-order valence-corrected chi connectivity index (χ1v) is 11.5. The molecule has 3 aromatic rings. The highest BCUT2D eigenvalue weighted by atomic mass is 35.5. The number of nitrogens with zero attached hydrogens (tertiary/aromatic N) is 4. The van der Waals surface area contributed by atoms with Gasteiger partial charge < -0.3 is 9.64 Å². The van der Waals surface area contributed by atoms with E-state index >= 15 is 0 Å². The van der Waals surface area contributed by atoms with Crippen molar-refractivity contribution in [2.24, 2.45) is 5.92 Å². The van der Waals surface area contributed by atoms with Crippen LogP contribution >= 0.6 is 23.2 Å². The zero-order valence-corrected chi connectivity index (χ0v) is 20.3. The maximum absolute atomic E-state index is 13.2. The zero-order chi connectivity index (χ0) is 25.3. The lowest BCUT2D eigenvalue weighted by atomic mass is 9.86. The Kier molecular flexibility index (Phi) is 7.19. The molecule has 11 heteroatoms. The molecule has 1 saturated heterocycles. The molecule has 0 spiro atoms. The number of hydrogen-bond donors (Lipinski definition) is 0. The first-order valence-electron chi connectivity index (χ1n) is 10.8. The lowest BCUT2D eigenvalue weighted by Gasteiger charge is -2.25. The van der Waals surface area contributed by atoms with Gasteiger partial charge in [-0.25, -0.2) is 15.0 Å². The van der Waals surface area contributed by atoms with E-state index in [1.54, 1.807) is 30.9 Å². The third kappa shape index (κ3) is 5.67. The number of aromatic nitrogens is 3. The Bertz CT molecular complexity index is 1210. The van der Waals surface area contributed by atoms with Gasteiger partial charge in [-0.15, -0.1) is 0 Å². The van der Waals surface area contributed by atoms with E-state index in [1.807, 2.05) is 6.07 Å². The second kappa shape index (κ2) is 9.99. The van der Waals surface area contributed by atoms with Crippen LogP contribution in [-0.2, 0) is 6.18 Å². The van der Waals surface area contributed by atoms with E-state index < -0.39 is 17.8 Å². The van der Waals surface area contributed by atoms with E-state index in [2.05, 4.69) is 15.0 Å². The van der Waals surface area contributed by atoms with E-state index in [0.29, 0.717) is 34.5 Å². The van der Waals surface area contributed by atoms with Crippen LogP contribution in [-0.4, -0.2) is 45.0 Å². The Labute approximate surface area is 210 Å². The van der Waals surface area contributed by atoms with Crippen LogP contribution < -0.4 is 4.74 Å². The molecular formula is C24H21Cl2F3N4O2. The van der Waals surface area contributed by atoms with Crippen molar-refractivity contribution in [1.82, 2.24) is 19.9 Å². The fraction of sp³-hybridized carbons (Fsp3) is 0.333. The number of carbonyl (C=O) groups excluding carboxylic acids is 1. The minimum absolute atomic E-state index is 0.0649. The van der Waals surface area contributed by atoms with Crippen LogP contribution in [0.25, 0.3) is 0 Å². The van der Waals surface area contributed by atoms with E-state index in [0.717, 1.165) is 17.8 Å². The fourth-order valence-electron chi connectivity index (χ4n) is 4.15. The van der Waals surface area contributed by atoms with Crippen molar-refractivity contribution in [3.8, 4) is 5.88 Å². The van der Waals surface area contributed by atoms with Crippen LogP contribution in [0.5, 0.6) is 5.88 Å². The summed E-state index contributed by atoms with van der Waals surface area (Å²) in [5, 5.41) is 0.797. The number of carbonyl (C=O) groups is 1. The quantitative estimate of drug-likeness (QED) is 0.420. The third-order valence-electron chi connectivity index (χ3n) is 6.03. The summed E-state index contributed by atoms with van der Waals surface area (Å²) >= 11 is 12.3. The summed E-state index contributed by atoms with van der Waals surface area (Å²) in [7, 11) is 0. The molecule has 1 aliphatic heterocycles. The minimum atomic E-state index is -4.48. The molecule has 1 aromatic carbocycles. The fourth-order valence-corrected chi connectivity index (χ4v) is 4.45. The van der Waals surface area contributed by atoms with Crippen molar-refractivity contribution < 1.29 is 22.7 Å². The first kappa shape index (κ1) is 25.2. The summed E-state index contributed by atoms with van der Waals surface area (Å²) in [5.74, 6) is 0.0318. The smallest absolute Gasteiger partial charge is 0.417 e. The molecule has 3 heterocycles. The molecule has 1 aliphatic rings. The molecule has 0 N–H and O–H groups in total.